The predicted octanol–water partition coefficient (Wildman–Crippen LogP) is 3.67. The van der Waals surface area contributed by atoms with E-state index in [2.05, 4.69) is 0 Å². The standard InChI is InChI=1S/C24H20ClFN2O4/c1-3-24(31)15-7-16-20-13(8-28(16)22(29)14(15)9-32-23(24)30)12-6-4-5-11-10(2)19(26)18(25)21(27-20)17(11)12/h7,31H,3-6,8-9H2,1-2H3/t24-/m0/s1. The van der Waals surface area contributed by atoms with Gasteiger partial charge >= 0.3 is 5.97 Å². The number of fused-ring (bicyclic) bond motifs is 5. The molecular weight excluding hydrogens is 435 g/mol. The Labute approximate surface area is 187 Å². The lowest BCUT2D eigenvalue weighted by Crippen LogP contribution is -2.44. The Bertz CT molecular complexity index is 1460. The van der Waals surface area contributed by atoms with E-state index in [0.29, 0.717) is 29.0 Å². The van der Waals surface area contributed by atoms with E-state index in [0.717, 1.165) is 41.3 Å². The van der Waals surface area contributed by atoms with Crippen molar-refractivity contribution >= 4 is 28.5 Å². The SMILES string of the molecule is CC[C@@]1(O)C(=O)OCc2c1cc1n(c2=O)Cc2c-1nc1c(Cl)c(F)c(C)c3c1c2CCC3. The first-order valence-corrected chi connectivity index (χ1v) is 11.1. The van der Waals surface area contributed by atoms with Gasteiger partial charge in [-0.2, -0.15) is 0 Å². The van der Waals surface area contributed by atoms with Gasteiger partial charge in [0.05, 0.1) is 29.0 Å². The van der Waals surface area contributed by atoms with Gasteiger partial charge in [-0.1, -0.05) is 18.5 Å². The molecule has 0 spiro atoms. The van der Waals surface area contributed by atoms with Crippen molar-refractivity contribution in [3.8, 4) is 11.4 Å². The second-order valence-electron chi connectivity index (χ2n) is 8.83. The minimum atomic E-state index is -1.88. The first-order valence-electron chi connectivity index (χ1n) is 10.8. The number of pyridine rings is 2. The summed E-state index contributed by atoms with van der Waals surface area (Å²) in [6.45, 7) is 3.57. The van der Waals surface area contributed by atoms with Crippen molar-refractivity contribution in [2.75, 3.05) is 0 Å². The van der Waals surface area contributed by atoms with Crippen LogP contribution >= 0.6 is 11.6 Å². The first-order chi connectivity index (χ1) is 15.3. The number of ether oxygens (including phenoxy) is 1. The molecule has 164 valence electrons. The molecule has 1 aromatic carbocycles. The maximum absolute atomic E-state index is 14.9. The quantitative estimate of drug-likeness (QED) is 0.444. The normalized spacial score (nSPS) is 20.7. The number of aliphatic hydroxyl groups is 1. The maximum Gasteiger partial charge on any atom is 0.343 e. The third kappa shape index (κ3) is 2.25. The molecule has 4 heterocycles. The molecule has 1 atom stereocenters. The van der Waals surface area contributed by atoms with Crippen LogP contribution in [0.25, 0.3) is 22.3 Å². The zero-order valence-corrected chi connectivity index (χ0v) is 18.4. The molecule has 3 aromatic rings. The van der Waals surface area contributed by atoms with Gasteiger partial charge in [0.2, 0.25) is 0 Å². The minimum Gasteiger partial charge on any atom is -0.458 e. The van der Waals surface area contributed by atoms with Gasteiger partial charge in [-0.05, 0) is 55.4 Å². The zero-order valence-electron chi connectivity index (χ0n) is 17.6. The van der Waals surface area contributed by atoms with Crippen LogP contribution in [0.15, 0.2) is 10.9 Å². The van der Waals surface area contributed by atoms with Crippen molar-refractivity contribution in [3.63, 3.8) is 0 Å². The monoisotopic (exact) mass is 454 g/mol. The van der Waals surface area contributed by atoms with E-state index in [1.54, 1.807) is 24.5 Å². The molecule has 2 aromatic heterocycles. The van der Waals surface area contributed by atoms with Crippen LogP contribution in [-0.2, 0) is 41.1 Å². The van der Waals surface area contributed by atoms with E-state index in [-0.39, 0.29) is 34.7 Å². The molecule has 0 saturated heterocycles. The van der Waals surface area contributed by atoms with E-state index >= 15 is 0 Å². The molecule has 3 aliphatic rings. The van der Waals surface area contributed by atoms with Crippen LogP contribution in [0.3, 0.4) is 0 Å². The number of aromatic nitrogens is 2. The highest BCUT2D eigenvalue weighted by Crippen LogP contribution is 2.45. The topological polar surface area (TPSA) is 81.4 Å². The Hall–Kier alpha value is -2.77. The Morgan fingerprint density at radius 2 is 2.00 bits per heavy atom. The summed E-state index contributed by atoms with van der Waals surface area (Å²) in [6.07, 6.45) is 2.50. The molecular formula is C24H20ClFN2O4. The van der Waals surface area contributed by atoms with Crippen molar-refractivity contribution in [2.24, 2.45) is 0 Å². The van der Waals surface area contributed by atoms with Gasteiger partial charge in [0.25, 0.3) is 5.56 Å². The number of rotatable bonds is 1. The fourth-order valence-corrected chi connectivity index (χ4v) is 5.85. The number of hydrogen-bond acceptors (Lipinski definition) is 5. The van der Waals surface area contributed by atoms with E-state index in [1.165, 1.54) is 0 Å². The molecule has 0 unspecified atom stereocenters. The van der Waals surface area contributed by atoms with E-state index in [9.17, 15) is 19.1 Å². The molecule has 32 heavy (non-hydrogen) atoms. The van der Waals surface area contributed by atoms with E-state index < -0.39 is 17.4 Å². The van der Waals surface area contributed by atoms with Crippen LogP contribution in [0.5, 0.6) is 0 Å². The number of hydrogen-bond donors (Lipinski definition) is 1. The highest BCUT2D eigenvalue weighted by atomic mass is 35.5. The summed E-state index contributed by atoms with van der Waals surface area (Å²) in [5.41, 5.74) is 3.28. The Balaban J connectivity index is 1.71. The predicted molar refractivity (Wildman–Crippen MR) is 116 cm³/mol. The van der Waals surface area contributed by atoms with Gasteiger partial charge in [-0.25, -0.2) is 14.2 Å². The summed E-state index contributed by atoms with van der Waals surface area (Å²) < 4.78 is 21.6. The molecule has 0 fully saturated rings. The lowest BCUT2D eigenvalue weighted by atomic mass is 9.84. The van der Waals surface area contributed by atoms with Gasteiger partial charge in [-0.3, -0.25) is 4.79 Å². The number of carbonyl (C=O) groups excluding carboxylic acids is 1. The molecule has 1 aliphatic carbocycles. The lowest BCUT2D eigenvalue weighted by molar-refractivity contribution is -0.172. The molecule has 0 radical (unpaired) electrons. The van der Waals surface area contributed by atoms with Crippen molar-refractivity contribution in [1.29, 1.82) is 0 Å². The van der Waals surface area contributed by atoms with Crippen LogP contribution < -0.4 is 5.56 Å². The van der Waals surface area contributed by atoms with Crippen molar-refractivity contribution in [1.82, 2.24) is 9.55 Å². The van der Waals surface area contributed by atoms with Crippen LogP contribution in [0.1, 0.15) is 53.1 Å². The summed E-state index contributed by atoms with van der Waals surface area (Å²) in [4.78, 5) is 30.5. The van der Waals surface area contributed by atoms with Gasteiger partial charge in [0, 0.05) is 16.5 Å². The molecule has 8 heteroatoms. The molecule has 0 saturated carbocycles. The lowest BCUT2D eigenvalue weighted by Gasteiger charge is -2.31. The van der Waals surface area contributed by atoms with Crippen molar-refractivity contribution < 1.29 is 19.0 Å². The number of halogens is 2. The highest BCUT2D eigenvalue weighted by molar-refractivity contribution is 6.35. The van der Waals surface area contributed by atoms with Crippen LogP contribution in [-0.4, -0.2) is 20.6 Å². The van der Waals surface area contributed by atoms with Gasteiger partial charge in [0.1, 0.15) is 17.4 Å². The Morgan fingerprint density at radius 3 is 2.75 bits per heavy atom. The number of benzene rings is 1. The Morgan fingerprint density at radius 1 is 1.25 bits per heavy atom. The first kappa shape index (κ1) is 19.9. The fourth-order valence-electron chi connectivity index (χ4n) is 5.57. The molecule has 0 bridgehead atoms. The summed E-state index contributed by atoms with van der Waals surface area (Å²) in [5, 5.41) is 11.9. The highest BCUT2D eigenvalue weighted by Gasteiger charge is 2.45. The number of aryl methyl sites for hydroxylation is 2. The third-order valence-electron chi connectivity index (χ3n) is 7.35. The Kier molecular flexibility index (Phi) is 3.97. The molecule has 6 rings (SSSR count). The van der Waals surface area contributed by atoms with Gasteiger partial charge in [-0.15, -0.1) is 0 Å². The average Bonchev–Trinajstić information content (AvgIpc) is 3.18. The van der Waals surface area contributed by atoms with E-state index in [1.807, 2.05) is 0 Å². The van der Waals surface area contributed by atoms with Gasteiger partial charge < -0.3 is 14.4 Å². The number of esters is 1. The second-order valence-corrected chi connectivity index (χ2v) is 9.21. The summed E-state index contributed by atoms with van der Waals surface area (Å²) in [5.74, 6) is -1.22. The van der Waals surface area contributed by atoms with Crippen LogP contribution in [0.2, 0.25) is 5.02 Å². The second kappa shape index (κ2) is 6.39. The minimum absolute atomic E-state index is 0.0143. The molecule has 0 amide bonds. The molecule has 6 nitrogen and oxygen atoms in total. The maximum atomic E-state index is 14.9. The zero-order chi connectivity index (χ0) is 22.5. The summed E-state index contributed by atoms with van der Waals surface area (Å²) in [6, 6.07) is 1.67. The summed E-state index contributed by atoms with van der Waals surface area (Å²) in [7, 11) is 0. The van der Waals surface area contributed by atoms with Crippen LogP contribution in [0.4, 0.5) is 4.39 Å². The van der Waals surface area contributed by atoms with Gasteiger partial charge in [0.15, 0.2) is 5.60 Å². The van der Waals surface area contributed by atoms with Crippen molar-refractivity contribution in [2.45, 2.75) is 58.3 Å². The fraction of sp³-hybridized carbons (Fsp3) is 0.375. The van der Waals surface area contributed by atoms with E-state index in [4.69, 9.17) is 21.3 Å². The molecule has 1 N–H and O–H groups in total. The third-order valence-corrected chi connectivity index (χ3v) is 7.70. The van der Waals surface area contributed by atoms with Crippen LogP contribution in [0, 0.1) is 12.7 Å². The summed E-state index contributed by atoms with van der Waals surface area (Å²) >= 11 is 6.41. The average molecular weight is 455 g/mol. The largest absolute Gasteiger partial charge is 0.458 e. The smallest absolute Gasteiger partial charge is 0.343 e. The number of carbonyl (C=O) groups is 1. The molecule has 2 aliphatic heterocycles. The van der Waals surface area contributed by atoms with Crippen molar-refractivity contribution in [3.05, 3.63) is 60.6 Å². The number of nitrogens with zero attached hydrogens (tertiary/aromatic N) is 2. The number of cyclic esters (lactones) is 1.